The second-order valence-electron chi connectivity index (χ2n) is 3.85. The predicted octanol–water partition coefficient (Wildman–Crippen LogP) is 0.627. The summed E-state index contributed by atoms with van der Waals surface area (Å²) >= 11 is 0. The van der Waals surface area contributed by atoms with E-state index in [9.17, 15) is 0 Å². The lowest BCUT2D eigenvalue weighted by atomic mass is 10.3. The van der Waals surface area contributed by atoms with Crippen molar-refractivity contribution in [2.24, 2.45) is 0 Å². The van der Waals surface area contributed by atoms with Gasteiger partial charge in [-0.05, 0) is 6.54 Å². The van der Waals surface area contributed by atoms with Crippen molar-refractivity contribution in [3.8, 4) is 6.01 Å². The van der Waals surface area contributed by atoms with E-state index in [-0.39, 0.29) is 0 Å². The van der Waals surface area contributed by atoms with Gasteiger partial charge >= 0.3 is 6.01 Å². The first kappa shape index (κ1) is 11.1. The number of aromatic nitrogens is 2. The van der Waals surface area contributed by atoms with Gasteiger partial charge in [0.1, 0.15) is 0 Å². The lowest BCUT2D eigenvalue weighted by Crippen LogP contribution is -2.46. The van der Waals surface area contributed by atoms with Crippen LogP contribution >= 0.6 is 0 Å². The maximum Gasteiger partial charge on any atom is 0.316 e. The molecule has 0 aromatic carbocycles. The highest BCUT2D eigenvalue weighted by Crippen LogP contribution is 2.15. The summed E-state index contributed by atoms with van der Waals surface area (Å²) in [5.41, 5.74) is 1.08. The molecule has 0 saturated carbocycles. The maximum absolute atomic E-state index is 4.94. The van der Waals surface area contributed by atoms with Crippen LogP contribution in [0.3, 0.4) is 0 Å². The second kappa shape index (κ2) is 5.12. The van der Waals surface area contributed by atoms with Crippen LogP contribution in [0.15, 0.2) is 12.4 Å². The molecule has 0 N–H and O–H groups in total. The Balaban J connectivity index is 1.97. The molecule has 2 rings (SSSR count). The van der Waals surface area contributed by atoms with Crippen molar-refractivity contribution in [3.05, 3.63) is 12.4 Å². The topological polar surface area (TPSA) is 41.5 Å². The van der Waals surface area contributed by atoms with Crippen LogP contribution in [0.25, 0.3) is 0 Å². The van der Waals surface area contributed by atoms with Crippen molar-refractivity contribution in [1.82, 2.24) is 14.9 Å². The summed E-state index contributed by atoms with van der Waals surface area (Å²) in [5.74, 6) is 0. The summed E-state index contributed by atoms with van der Waals surface area (Å²) in [6.45, 7) is 7.65. The number of ether oxygens (including phenoxy) is 1. The van der Waals surface area contributed by atoms with Gasteiger partial charge in [0.2, 0.25) is 0 Å². The van der Waals surface area contributed by atoms with Crippen molar-refractivity contribution in [2.75, 3.05) is 44.7 Å². The van der Waals surface area contributed by atoms with Gasteiger partial charge in [0.15, 0.2) is 0 Å². The average Bonchev–Trinajstić information content (AvgIpc) is 2.39. The first-order valence-electron chi connectivity index (χ1n) is 5.67. The Morgan fingerprint density at radius 2 is 1.81 bits per heavy atom. The first-order chi connectivity index (χ1) is 7.83. The zero-order valence-corrected chi connectivity index (χ0v) is 9.89. The van der Waals surface area contributed by atoms with Gasteiger partial charge in [-0.15, -0.1) is 0 Å². The number of rotatable bonds is 3. The van der Waals surface area contributed by atoms with E-state index in [1.165, 1.54) is 0 Å². The Bertz CT molecular complexity index is 319. The van der Waals surface area contributed by atoms with Gasteiger partial charge in [0.25, 0.3) is 0 Å². The average molecular weight is 222 g/mol. The zero-order chi connectivity index (χ0) is 11.4. The Morgan fingerprint density at radius 1 is 1.19 bits per heavy atom. The number of anilines is 1. The minimum absolute atomic E-state index is 0.427. The van der Waals surface area contributed by atoms with E-state index < -0.39 is 0 Å². The van der Waals surface area contributed by atoms with Crippen LogP contribution in [0, 0.1) is 0 Å². The fourth-order valence-corrected chi connectivity index (χ4v) is 1.90. The molecule has 0 aliphatic carbocycles. The summed E-state index contributed by atoms with van der Waals surface area (Å²) in [6, 6.07) is 0.427. The van der Waals surface area contributed by atoms with Crippen molar-refractivity contribution in [1.29, 1.82) is 0 Å². The molecule has 1 aromatic heterocycles. The van der Waals surface area contributed by atoms with E-state index in [1.807, 2.05) is 12.4 Å². The molecule has 5 heteroatoms. The molecule has 0 amide bonds. The quantitative estimate of drug-likeness (QED) is 0.750. The van der Waals surface area contributed by atoms with E-state index in [4.69, 9.17) is 4.74 Å². The van der Waals surface area contributed by atoms with Crippen molar-refractivity contribution >= 4 is 5.69 Å². The van der Waals surface area contributed by atoms with Crippen LogP contribution in [-0.2, 0) is 0 Å². The van der Waals surface area contributed by atoms with E-state index >= 15 is 0 Å². The van der Waals surface area contributed by atoms with Crippen LogP contribution in [-0.4, -0.2) is 54.7 Å². The monoisotopic (exact) mass is 222 g/mol. The molecule has 0 radical (unpaired) electrons. The zero-order valence-electron chi connectivity index (χ0n) is 9.89. The van der Waals surface area contributed by atoms with Gasteiger partial charge in [0, 0.05) is 26.2 Å². The molecule has 1 fully saturated rings. The Kier molecular flexibility index (Phi) is 3.56. The van der Waals surface area contributed by atoms with E-state index in [2.05, 4.69) is 26.7 Å². The summed E-state index contributed by atoms with van der Waals surface area (Å²) < 4.78 is 4.94. The van der Waals surface area contributed by atoms with Gasteiger partial charge in [-0.3, -0.25) is 0 Å². The fraction of sp³-hybridized carbons (Fsp3) is 0.636. The van der Waals surface area contributed by atoms with Gasteiger partial charge in [-0.1, -0.05) is 6.92 Å². The Labute approximate surface area is 96.1 Å². The molecule has 88 valence electrons. The number of nitrogens with zero attached hydrogens (tertiary/aromatic N) is 4. The van der Waals surface area contributed by atoms with Gasteiger partial charge in [-0.25, -0.2) is 9.97 Å². The normalized spacial score (nSPS) is 17.5. The molecule has 1 aliphatic heterocycles. The SMILES string of the molecule is CCN1CCN(c2cnc(OC)nc2)CC1. The van der Waals surface area contributed by atoms with E-state index in [1.54, 1.807) is 7.11 Å². The summed E-state index contributed by atoms with van der Waals surface area (Å²) in [6.07, 6.45) is 3.65. The molecule has 5 nitrogen and oxygen atoms in total. The fourth-order valence-electron chi connectivity index (χ4n) is 1.90. The first-order valence-corrected chi connectivity index (χ1v) is 5.67. The molecule has 0 unspecified atom stereocenters. The standard InChI is InChI=1S/C11H18N4O/c1-3-14-4-6-15(7-5-14)10-8-12-11(16-2)13-9-10/h8-9H,3-7H2,1-2H3. The third-order valence-corrected chi connectivity index (χ3v) is 2.98. The summed E-state index contributed by atoms with van der Waals surface area (Å²) in [7, 11) is 1.58. The number of likely N-dealkylation sites (N-methyl/N-ethyl adjacent to an activating group) is 1. The van der Waals surface area contributed by atoms with Crippen molar-refractivity contribution in [2.45, 2.75) is 6.92 Å². The Morgan fingerprint density at radius 3 is 2.31 bits per heavy atom. The highest BCUT2D eigenvalue weighted by molar-refractivity contribution is 5.42. The summed E-state index contributed by atoms with van der Waals surface area (Å²) in [4.78, 5) is 13.0. The number of methoxy groups -OCH3 is 1. The molecule has 0 bridgehead atoms. The number of piperazine rings is 1. The lowest BCUT2D eigenvalue weighted by molar-refractivity contribution is 0.271. The third kappa shape index (κ3) is 2.41. The molecular weight excluding hydrogens is 204 g/mol. The molecule has 0 atom stereocenters. The second-order valence-corrected chi connectivity index (χ2v) is 3.85. The van der Waals surface area contributed by atoms with Crippen molar-refractivity contribution in [3.63, 3.8) is 0 Å². The largest absolute Gasteiger partial charge is 0.467 e. The summed E-state index contributed by atoms with van der Waals surface area (Å²) in [5, 5.41) is 0. The highest BCUT2D eigenvalue weighted by Gasteiger charge is 2.16. The Hall–Kier alpha value is -1.36. The molecule has 1 aliphatic rings. The van der Waals surface area contributed by atoms with E-state index in [0.717, 1.165) is 38.4 Å². The van der Waals surface area contributed by atoms with E-state index in [0.29, 0.717) is 6.01 Å². The lowest BCUT2D eigenvalue weighted by Gasteiger charge is -2.35. The van der Waals surface area contributed by atoms with Gasteiger partial charge < -0.3 is 14.5 Å². The third-order valence-electron chi connectivity index (χ3n) is 2.98. The molecule has 1 saturated heterocycles. The highest BCUT2D eigenvalue weighted by atomic mass is 16.5. The minimum atomic E-state index is 0.427. The minimum Gasteiger partial charge on any atom is -0.467 e. The van der Waals surface area contributed by atoms with Crippen LogP contribution < -0.4 is 9.64 Å². The molecule has 2 heterocycles. The molecule has 1 aromatic rings. The van der Waals surface area contributed by atoms with Crippen LogP contribution in [0.1, 0.15) is 6.92 Å². The number of hydrogen-bond acceptors (Lipinski definition) is 5. The van der Waals surface area contributed by atoms with Crippen molar-refractivity contribution < 1.29 is 4.74 Å². The van der Waals surface area contributed by atoms with Crippen LogP contribution in [0.2, 0.25) is 0 Å². The van der Waals surface area contributed by atoms with Crippen LogP contribution in [0.4, 0.5) is 5.69 Å². The molecular formula is C11H18N4O. The predicted molar refractivity (Wildman–Crippen MR) is 62.9 cm³/mol. The smallest absolute Gasteiger partial charge is 0.316 e. The van der Waals surface area contributed by atoms with Gasteiger partial charge in [-0.2, -0.15) is 0 Å². The number of hydrogen-bond donors (Lipinski definition) is 0. The van der Waals surface area contributed by atoms with Crippen LogP contribution in [0.5, 0.6) is 6.01 Å². The maximum atomic E-state index is 4.94. The molecule has 16 heavy (non-hydrogen) atoms. The van der Waals surface area contributed by atoms with Gasteiger partial charge in [0.05, 0.1) is 25.2 Å². The molecule has 0 spiro atoms.